The van der Waals surface area contributed by atoms with E-state index in [4.69, 9.17) is 0 Å². The molecule has 0 radical (unpaired) electrons. The molecule has 40 heavy (non-hydrogen) atoms. The largest absolute Gasteiger partial charge is 0.471 e. The van der Waals surface area contributed by atoms with E-state index in [2.05, 4.69) is 16.7 Å². The second-order valence-electron chi connectivity index (χ2n) is 13.4. The maximum absolute atomic E-state index is 13.8. The Morgan fingerprint density at radius 2 is 1.73 bits per heavy atom. The molecule has 2 saturated heterocycles. The minimum absolute atomic E-state index is 0.0941. The molecule has 12 heteroatoms. The molecule has 9 nitrogen and oxygen atoms in total. The number of carbonyl (C=O) groups excluding carboxylic acids is 4. The van der Waals surface area contributed by atoms with Gasteiger partial charge >= 0.3 is 12.1 Å². The number of halogens is 3. The van der Waals surface area contributed by atoms with Crippen molar-refractivity contribution in [3.63, 3.8) is 0 Å². The average Bonchev–Trinajstić information content (AvgIpc) is 3.52. The first-order valence-corrected chi connectivity index (χ1v) is 14.3. The minimum atomic E-state index is -5.17. The number of carbonyl (C=O) groups is 4. The lowest BCUT2D eigenvalue weighted by Gasteiger charge is -2.37. The minimum Gasteiger partial charge on any atom is -0.350 e. The summed E-state index contributed by atoms with van der Waals surface area (Å²) in [5.74, 6) is -4.05. The molecule has 0 aromatic heterocycles. The van der Waals surface area contributed by atoms with Gasteiger partial charge in [0.2, 0.25) is 17.7 Å². The zero-order valence-corrected chi connectivity index (χ0v) is 23.5. The molecule has 3 N–H and O–H groups in total. The van der Waals surface area contributed by atoms with E-state index in [1.165, 1.54) is 4.90 Å². The molecule has 0 aromatic carbocycles. The highest BCUT2D eigenvalue weighted by atomic mass is 19.4. The first kappa shape index (κ1) is 30.1. The van der Waals surface area contributed by atoms with E-state index in [1.807, 2.05) is 5.32 Å². The van der Waals surface area contributed by atoms with Crippen LogP contribution in [0.1, 0.15) is 91.4 Å². The molecule has 4 amide bonds. The topological polar surface area (TPSA) is 131 Å². The fourth-order valence-corrected chi connectivity index (χ4v) is 6.67. The normalized spacial score (nSPS) is 26.9. The first-order valence-electron chi connectivity index (χ1n) is 14.3. The molecule has 4 atom stereocenters. The number of nitrogens with zero attached hydrogens (tertiary/aromatic N) is 2. The predicted octanol–water partition coefficient (Wildman–Crippen LogP) is 3.09. The third-order valence-electron chi connectivity index (χ3n) is 9.23. The number of likely N-dealkylation sites (tertiary alicyclic amines) is 1. The Labute approximate surface area is 233 Å². The number of alkyl halides is 3. The molecule has 0 bridgehead atoms. The lowest BCUT2D eigenvalue weighted by molar-refractivity contribution is -0.176. The summed E-state index contributed by atoms with van der Waals surface area (Å²) >= 11 is 0. The van der Waals surface area contributed by atoms with Crippen molar-refractivity contribution in [3.8, 4) is 6.07 Å². The van der Waals surface area contributed by atoms with Gasteiger partial charge in [0.05, 0.1) is 6.07 Å². The van der Waals surface area contributed by atoms with Gasteiger partial charge in [0.1, 0.15) is 18.1 Å². The molecule has 4 unspecified atom stereocenters. The summed E-state index contributed by atoms with van der Waals surface area (Å²) in [6.07, 6.45) is 3.10. The van der Waals surface area contributed by atoms with Crippen molar-refractivity contribution in [1.29, 1.82) is 5.26 Å². The van der Waals surface area contributed by atoms with Crippen LogP contribution < -0.4 is 16.0 Å². The molecular weight excluding hydrogens is 527 g/mol. The summed E-state index contributed by atoms with van der Waals surface area (Å²) in [5, 5.41) is 17.4. The molecule has 222 valence electrons. The van der Waals surface area contributed by atoms with Crippen molar-refractivity contribution >= 4 is 23.6 Å². The number of nitriles is 1. The third-order valence-corrected chi connectivity index (χ3v) is 9.23. The first-order chi connectivity index (χ1) is 18.6. The molecule has 2 aliphatic heterocycles. The standard InChI is InChI=1S/C28H40F3N5O4/c1-25(2,3)20(34-24(40)28(29,30)31)23(39)36-16-26(8-5-4-6-9-26)14-19(36)22(38)33-18(15-32)13-17-7-10-27(11-12-27)35-21(17)37/h17-20H,4-14,16H2,1-3H3,(H,33,38)(H,34,40)(H,35,37). The van der Waals surface area contributed by atoms with Crippen LogP contribution >= 0.6 is 0 Å². The van der Waals surface area contributed by atoms with Gasteiger partial charge in [0, 0.05) is 18.0 Å². The second kappa shape index (κ2) is 10.9. The van der Waals surface area contributed by atoms with Crippen LogP contribution in [0.3, 0.4) is 0 Å². The van der Waals surface area contributed by atoms with Crippen molar-refractivity contribution in [3.05, 3.63) is 0 Å². The Bertz CT molecular complexity index is 1070. The number of hydrogen-bond acceptors (Lipinski definition) is 5. The summed E-state index contributed by atoms with van der Waals surface area (Å²) in [7, 11) is 0. The van der Waals surface area contributed by atoms with Gasteiger partial charge in [-0.1, -0.05) is 40.0 Å². The Kier molecular flexibility index (Phi) is 8.18. The Morgan fingerprint density at radius 1 is 1.07 bits per heavy atom. The number of piperidine rings is 1. The molecule has 0 aromatic rings. The van der Waals surface area contributed by atoms with Crippen LogP contribution in [0.25, 0.3) is 0 Å². The van der Waals surface area contributed by atoms with E-state index < -0.39 is 53.4 Å². The number of hydrogen-bond donors (Lipinski definition) is 3. The molecule has 4 aliphatic rings. The van der Waals surface area contributed by atoms with E-state index in [0.29, 0.717) is 12.8 Å². The molecular formula is C28H40F3N5O4. The summed E-state index contributed by atoms with van der Waals surface area (Å²) in [4.78, 5) is 53.2. The molecule has 2 heterocycles. The number of amides is 4. The fourth-order valence-electron chi connectivity index (χ4n) is 6.67. The fraction of sp³-hybridized carbons (Fsp3) is 0.821. The Hall–Kier alpha value is -2.84. The van der Waals surface area contributed by atoms with Crippen LogP contribution in [0.2, 0.25) is 0 Å². The van der Waals surface area contributed by atoms with Crippen LogP contribution in [-0.4, -0.2) is 64.9 Å². The molecule has 4 fully saturated rings. The van der Waals surface area contributed by atoms with E-state index in [-0.39, 0.29) is 29.8 Å². The monoisotopic (exact) mass is 567 g/mol. The molecule has 4 rings (SSSR count). The predicted molar refractivity (Wildman–Crippen MR) is 138 cm³/mol. The van der Waals surface area contributed by atoms with E-state index in [9.17, 15) is 37.6 Å². The zero-order chi connectivity index (χ0) is 29.5. The van der Waals surface area contributed by atoms with E-state index >= 15 is 0 Å². The molecule has 2 saturated carbocycles. The number of nitrogens with one attached hydrogen (secondary N) is 3. The second-order valence-corrected chi connectivity index (χ2v) is 13.4. The lowest BCUT2D eigenvalue weighted by Crippen LogP contribution is -2.59. The van der Waals surface area contributed by atoms with Crippen molar-refractivity contribution in [2.75, 3.05) is 6.54 Å². The van der Waals surface area contributed by atoms with Gasteiger partial charge in [-0.25, -0.2) is 0 Å². The van der Waals surface area contributed by atoms with Crippen LogP contribution in [0.5, 0.6) is 0 Å². The van der Waals surface area contributed by atoms with Gasteiger partial charge in [0.25, 0.3) is 0 Å². The Morgan fingerprint density at radius 3 is 2.25 bits per heavy atom. The van der Waals surface area contributed by atoms with E-state index in [1.54, 1.807) is 20.8 Å². The highest BCUT2D eigenvalue weighted by Crippen LogP contribution is 2.47. The number of rotatable bonds is 6. The average molecular weight is 568 g/mol. The highest BCUT2D eigenvalue weighted by Gasteiger charge is 2.53. The quantitative estimate of drug-likeness (QED) is 0.454. The van der Waals surface area contributed by atoms with Gasteiger partial charge in [0.15, 0.2) is 0 Å². The lowest BCUT2D eigenvalue weighted by atomic mass is 9.72. The molecule has 2 spiro atoms. The smallest absolute Gasteiger partial charge is 0.350 e. The van der Waals surface area contributed by atoms with Crippen LogP contribution in [0.15, 0.2) is 0 Å². The van der Waals surface area contributed by atoms with Crippen LogP contribution in [-0.2, 0) is 19.2 Å². The van der Waals surface area contributed by atoms with Crippen molar-refractivity contribution in [2.24, 2.45) is 16.7 Å². The van der Waals surface area contributed by atoms with Crippen LogP contribution in [0, 0.1) is 28.1 Å². The van der Waals surface area contributed by atoms with Crippen molar-refractivity contribution < 1.29 is 32.3 Å². The maximum atomic E-state index is 13.8. The van der Waals surface area contributed by atoms with Gasteiger partial charge in [-0.15, -0.1) is 0 Å². The highest BCUT2D eigenvalue weighted by molar-refractivity contribution is 5.94. The van der Waals surface area contributed by atoms with Gasteiger partial charge in [-0.2, -0.15) is 18.4 Å². The van der Waals surface area contributed by atoms with Crippen molar-refractivity contribution in [2.45, 2.75) is 121 Å². The zero-order valence-electron chi connectivity index (χ0n) is 23.5. The van der Waals surface area contributed by atoms with Gasteiger partial charge in [-0.05, 0) is 62.2 Å². The SMILES string of the molecule is CC(C)(C)C(NC(=O)C(F)(F)F)C(=O)N1CC2(CCCCC2)CC1C(=O)NC(C#N)CC1CCC2(CC2)NC1=O. The third kappa shape index (κ3) is 6.55. The maximum Gasteiger partial charge on any atom is 0.471 e. The van der Waals surface area contributed by atoms with E-state index in [0.717, 1.165) is 51.4 Å². The van der Waals surface area contributed by atoms with Gasteiger partial charge in [-0.3, -0.25) is 19.2 Å². The van der Waals surface area contributed by atoms with Crippen LogP contribution in [0.4, 0.5) is 13.2 Å². The summed E-state index contributed by atoms with van der Waals surface area (Å²) in [6, 6.07) is -1.40. The van der Waals surface area contributed by atoms with Crippen molar-refractivity contribution in [1.82, 2.24) is 20.9 Å². The summed E-state index contributed by atoms with van der Waals surface area (Å²) in [6.45, 7) is 4.87. The summed E-state index contributed by atoms with van der Waals surface area (Å²) < 4.78 is 39.4. The molecule has 2 aliphatic carbocycles. The summed E-state index contributed by atoms with van der Waals surface area (Å²) in [5.41, 5.74) is -1.51. The van der Waals surface area contributed by atoms with Gasteiger partial charge < -0.3 is 20.9 Å². The Balaban J connectivity index is 1.52.